The highest BCUT2D eigenvalue weighted by atomic mass is 35.5. The van der Waals surface area contributed by atoms with Gasteiger partial charge in [-0.1, -0.05) is 29.8 Å². The number of nitrogens with one attached hydrogen (secondary N) is 1. The number of benzene rings is 1. The van der Waals surface area contributed by atoms with Crippen LogP contribution in [0.5, 0.6) is 0 Å². The quantitative estimate of drug-likeness (QED) is 0.764. The second-order valence-electron chi connectivity index (χ2n) is 3.36. The normalized spacial score (nSPS) is 12.2. The van der Waals surface area contributed by atoms with Gasteiger partial charge in [-0.2, -0.15) is 0 Å². The third-order valence-corrected chi connectivity index (χ3v) is 2.32. The van der Waals surface area contributed by atoms with Crippen molar-refractivity contribution in [1.82, 2.24) is 5.32 Å². The summed E-state index contributed by atoms with van der Waals surface area (Å²) in [6.45, 7) is 2.17. The van der Waals surface area contributed by atoms with Crippen molar-refractivity contribution in [2.75, 3.05) is 12.4 Å². The predicted molar refractivity (Wildman–Crippen MR) is 59.9 cm³/mol. The van der Waals surface area contributed by atoms with Gasteiger partial charge in [-0.05, 0) is 12.5 Å². The Kier molecular flexibility index (Phi) is 4.59. The summed E-state index contributed by atoms with van der Waals surface area (Å²) in [5, 5.41) is 12.2. The molecule has 1 atom stereocenters. The van der Waals surface area contributed by atoms with Gasteiger partial charge in [0.2, 0.25) is 5.91 Å². The fourth-order valence-corrected chi connectivity index (χ4v) is 1.26. The molecule has 1 amide bonds. The molecule has 82 valence electrons. The van der Waals surface area contributed by atoms with Gasteiger partial charge in [-0.15, -0.1) is 11.6 Å². The summed E-state index contributed by atoms with van der Waals surface area (Å²) >= 11 is 5.31. The van der Waals surface area contributed by atoms with Crippen LogP contribution in [0.1, 0.15) is 17.2 Å². The molecular weight excluding hydrogens is 214 g/mol. The summed E-state index contributed by atoms with van der Waals surface area (Å²) in [5.41, 5.74) is 1.92. The maximum absolute atomic E-state index is 10.8. The van der Waals surface area contributed by atoms with E-state index >= 15 is 0 Å². The highest BCUT2D eigenvalue weighted by Gasteiger charge is 2.08. The van der Waals surface area contributed by atoms with Gasteiger partial charge in [0.15, 0.2) is 0 Å². The molecule has 3 nitrogen and oxygen atoms in total. The van der Waals surface area contributed by atoms with Crippen molar-refractivity contribution >= 4 is 17.5 Å². The molecule has 0 aliphatic rings. The van der Waals surface area contributed by atoms with Crippen LogP contribution in [0.25, 0.3) is 0 Å². The van der Waals surface area contributed by atoms with Gasteiger partial charge in [0.1, 0.15) is 5.88 Å². The lowest BCUT2D eigenvalue weighted by Gasteiger charge is -2.11. The highest BCUT2D eigenvalue weighted by Crippen LogP contribution is 2.12. The molecule has 1 aromatic carbocycles. The van der Waals surface area contributed by atoms with Crippen LogP contribution >= 0.6 is 11.6 Å². The van der Waals surface area contributed by atoms with E-state index in [4.69, 9.17) is 11.6 Å². The Bertz CT molecular complexity index is 324. The zero-order valence-corrected chi connectivity index (χ0v) is 9.29. The molecule has 0 saturated heterocycles. The van der Waals surface area contributed by atoms with Crippen LogP contribution in [-0.2, 0) is 4.79 Å². The van der Waals surface area contributed by atoms with Crippen LogP contribution in [0.2, 0.25) is 0 Å². The van der Waals surface area contributed by atoms with Crippen molar-refractivity contribution in [1.29, 1.82) is 0 Å². The number of carbonyl (C=O) groups is 1. The molecule has 1 aromatic rings. The Balaban J connectivity index is 2.50. The van der Waals surface area contributed by atoms with Gasteiger partial charge < -0.3 is 10.4 Å². The first kappa shape index (κ1) is 12.0. The Morgan fingerprint density at radius 3 is 2.60 bits per heavy atom. The minimum atomic E-state index is -0.683. The van der Waals surface area contributed by atoms with Crippen molar-refractivity contribution in [3.05, 3.63) is 35.4 Å². The lowest BCUT2D eigenvalue weighted by molar-refractivity contribution is -0.119. The van der Waals surface area contributed by atoms with Crippen molar-refractivity contribution in [2.45, 2.75) is 13.0 Å². The summed E-state index contributed by atoms with van der Waals surface area (Å²) in [5.74, 6) is -0.358. The molecule has 0 aliphatic heterocycles. The van der Waals surface area contributed by atoms with E-state index in [1.807, 2.05) is 31.2 Å². The maximum atomic E-state index is 10.8. The molecule has 15 heavy (non-hydrogen) atoms. The van der Waals surface area contributed by atoms with Crippen LogP contribution in [0.3, 0.4) is 0 Å². The molecule has 0 spiro atoms. The Morgan fingerprint density at radius 1 is 1.47 bits per heavy atom. The average molecular weight is 228 g/mol. The fourth-order valence-electron chi connectivity index (χ4n) is 1.16. The first-order valence-corrected chi connectivity index (χ1v) is 5.24. The standard InChI is InChI=1S/C11H14ClNO2/c1-8-2-4-9(5-3-8)10(14)7-13-11(15)6-12/h2-5,10,14H,6-7H2,1H3,(H,13,15)/t10-/m1/s1. The van der Waals surface area contributed by atoms with Crippen molar-refractivity contribution in [3.63, 3.8) is 0 Å². The zero-order chi connectivity index (χ0) is 11.3. The van der Waals surface area contributed by atoms with E-state index in [9.17, 15) is 9.90 Å². The van der Waals surface area contributed by atoms with E-state index in [0.29, 0.717) is 0 Å². The van der Waals surface area contributed by atoms with Gasteiger partial charge in [0, 0.05) is 6.54 Å². The molecule has 0 radical (unpaired) electrons. The molecule has 0 fully saturated rings. The Morgan fingerprint density at radius 2 is 2.07 bits per heavy atom. The first-order chi connectivity index (χ1) is 7.13. The Hall–Kier alpha value is -1.06. The van der Waals surface area contributed by atoms with E-state index in [2.05, 4.69) is 5.32 Å². The predicted octanol–water partition coefficient (Wildman–Crippen LogP) is 1.38. The van der Waals surface area contributed by atoms with Gasteiger partial charge in [-0.25, -0.2) is 0 Å². The van der Waals surface area contributed by atoms with Gasteiger partial charge in [-0.3, -0.25) is 4.79 Å². The molecule has 0 bridgehead atoms. The van der Waals surface area contributed by atoms with E-state index in [0.717, 1.165) is 11.1 Å². The maximum Gasteiger partial charge on any atom is 0.235 e. The monoisotopic (exact) mass is 227 g/mol. The summed E-state index contributed by atoms with van der Waals surface area (Å²) in [6, 6.07) is 7.52. The Labute approximate surface area is 94.1 Å². The zero-order valence-electron chi connectivity index (χ0n) is 8.53. The summed E-state index contributed by atoms with van der Waals surface area (Å²) in [4.78, 5) is 10.8. The van der Waals surface area contributed by atoms with Crippen LogP contribution < -0.4 is 5.32 Å². The lowest BCUT2D eigenvalue weighted by atomic mass is 10.1. The highest BCUT2D eigenvalue weighted by molar-refractivity contribution is 6.27. The van der Waals surface area contributed by atoms with Crippen molar-refractivity contribution < 1.29 is 9.90 Å². The van der Waals surface area contributed by atoms with Gasteiger partial charge in [0.05, 0.1) is 6.10 Å². The minimum absolute atomic E-state index is 0.0827. The number of aliphatic hydroxyl groups is 1. The molecule has 0 aliphatic carbocycles. The van der Waals surface area contributed by atoms with E-state index in [1.165, 1.54) is 0 Å². The molecule has 0 aromatic heterocycles. The fraction of sp³-hybridized carbons (Fsp3) is 0.364. The van der Waals surface area contributed by atoms with Gasteiger partial charge in [0.25, 0.3) is 0 Å². The number of rotatable bonds is 4. The summed E-state index contributed by atoms with van der Waals surface area (Å²) < 4.78 is 0. The van der Waals surface area contributed by atoms with E-state index < -0.39 is 6.10 Å². The van der Waals surface area contributed by atoms with Crippen LogP contribution in [0.4, 0.5) is 0 Å². The third-order valence-electron chi connectivity index (χ3n) is 2.08. The minimum Gasteiger partial charge on any atom is -0.387 e. The number of halogens is 1. The second kappa shape index (κ2) is 5.73. The summed E-state index contributed by atoms with van der Waals surface area (Å²) in [6.07, 6.45) is -0.683. The molecule has 0 unspecified atom stereocenters. The van der Waals surface area contributed by atoms with Gasteiger partial charge >= 0.3 is 0 Å². The molecule has 4 heteroatoms. The average Bonchev–Trinajstić information content (AvgIpc) is 2.26. The number of alkyl halides is 1. The largest absolute Gasteiger partial charge is 0.387 e. The number of hydrogen-bond acceptors (Lipinski definition) is 2. The van der Waals surface area contributed by atoms with Crippen LogP contribution in [0, 0.1) is 6.92 Å². The molecule has 0 heterocycles. The number of aliphatic hydroxyl groups excluding tert-OH is 1. The van der Waals surface area contributed by atoms with Crippen molar-refractivity contribution in [3.8, 4) is 0 Å². The molecule has 2 N–H and O–H groups in total. The number of aryl methyl sites for hydroxylation is 1. The lowest BCUT2D eigenvalue weighted by Crippen LogP contribution is -2.29. The first-order valence-electron chi connectivity index (χ1n) is 4.70. The van der Waals surface area contributed by atoms with Crippen LogP contribution in [-0.4, -0.2) is 23.4 Å². The smallest absolute Gasteiger partial charge is 0.235 e. The topological polar surface area (TPSA) is 49.3 Å². The van der Waals surface area contributed by atoms with E-state index in [-0.39, 0.29) is 18.3 Å². The SMILES string of the molecule is Cc1ccc([C@H](O)CNC(=O)CCl)cc1. The molecular formula is C11H14ClNO2. The second-order valence-corrected chi connectivity index (χ2v) is 3.63. The van der Waals surface area contributed by atoms with Crippen molar-refractivity contribution in [2.24, 2.45) is 0 Å². The summed E-state index contributed by atoms with van der Waals surface area (Å²) in [7, 11) is 0. The molecule has 1 rings (SSSR count). The van der Waals surface area contributed by atoms with Crippen LogP contribution in [0.15, 0.2) is 24.3 Å². The number of hydrogen-bond donors (Lipinski definition) is 2. The number of carbonyl (C=O) groups excluding carboxylic acids is 1. The number of amides is 1. The molecule has 0 saturated carbocycles. The van der Waals surface area contributed by atoms with E-state index in [1.54, 1.807) is 0 Å². The third kappa shape index (κ3) is 3.90.